The molecule has 0 saturated carbocycles. The number of methoxy groups -OCH3 is 2. The van der Waals surface area contributed by atoms with E-state index in [4.69, 9.17) is 15.2 Å². The van der Waals surface area contributed by atoms with Crippen LogP contribution in [0.2, 0.25) is 0 Å². The highest BCUT2D eigenvalue weighted by Crippen LogP contribution is 2.35. The number of nitrogens with two attached hydrogens (primary N) is 1. The summed E-state index contributed by atoms with van der Waals surface area (Å²) >= 11 is 0. The van der Waals surface area contributed by atoms with E-state index in [-0.39, 0.29) is 6.04 Å². The van der Waals surface area contributed by atoms with Gasteiger partial charge in [-0.25, -0.2) is 0 Å². The van der Waals surface area contributed by atoms with Crippen molar-refractivity contribution in [1.29, 1.82) is 0 Å². The van der Waals surface area contributed by atoms with Crippen LogP contribution in [0.3, 0.4) is 0 Å². The van der Waals surface area contributed by atoms with E-state index >= 15 is 0 Å². The van der Waals surface area contributed by atoms with E-state index in [0.717, 1.165) is 22.6 Å². The summed E-state index contributed by atoms with van der Waals surface area (Å²) in [5.74, 6) is 1.49. The maximum Gasteiger partial charge on any atom is 0.127 e. The fraction of sp³-hybridized carbons (Fsp3) is 0.250. The minimum Gasteiger partial charge on any atom is -0.496 e. The van der Waals surface area contributed by atoms with Gasteiger partial charge in [0.25, 0.3) is 0 Å². The topological polar surface area (TPSA) is 44.5 Å². The molecule has 19 heavy (non-hydrogen) atoms. The Morgan fingerprint density at radius 2 is 1.42 bits per heavy atom. The molecule has 0 heterocycles. The molecule has 0 bridgehead atoms. The van der Waals surface area contributed by atoms with Gasteiger partial charge in [0.1, 0.15) is 11.5 Å². The molecule has 1 atom stereocenters. The lowest BCUT2D eigenvalue weighted by Crippen LogP contribution is -2.14. The zero-order valence-corrected chi connectivity index (χ0v) is 11.5. The fourth-order valence-electron chi connectivity index (χ4n) is 2.13. The minimum absolute atomic E-state index is 0.272. The first-order valence-corrected chi connectivity index (χ1v) is 6.20. The molecule has 0 amide bonds. The van der Waals surface area contributed by atoms with Crippen LogP contribution in [-0.2, 0) is 0 Å². The first-order valence-electron chi connectivity index (χ1n) is 6.20. The predicted molar refractivity (Wildman–Crippen MR) is 76.8 cm³/mol. The van der Waals surface area contributed by atoms with Crippen molar-refractivity contribution in [3.05, 3.63) is 59.2 Å². The van der Waals surface area contributed by atoms with Gasteiger partial charge in [-0.3, -0.25) is 0 Å². The number of hydrogen-bond donors (Lipinski definition) is 1. The van der Waals surface area contributed by atoms with Crippen molar-refractivity contribution in [2.75, 3.05) is 14.2 Å². The van der Waals surface area contributed by atoms with Crippen LogP contribution in [0, 0.1) is 6.92 Å². The van der Waals surface area contributed by atoms with E-state index in [1.165, 1.54) is 5.56 Å². The highest BCUT2D eigenvalue weighted by molar-refractivity contribution is 5.50. The van der Waals surface area contributed by atoms with Gasteiger partial charge in [-0.05, 0) is 24.6 Å². The molecule has 2 rings (SSSR count). The normalized spacial score (nSPS) is 12.0. The van der Waals surface area contributed by atoms with Gasteiger partial charge in [-0.1, -0.05) is 35.9 Å². The third kappa shape index (κ3) is 2.71. The van der Waals surface area contributed by atoms with Crippen LogP contribution in [0.15, 0.2) is 42.5 Å². The number of benzene rings is 2. The van der Waals surface area contributed by atoms with Crippen LogP contribution >= 0.6 is 0 Å². The first kappa shape index (κ1) is 13.4. The van der Waals surface area contributed by atoms with Crippen LogP contribution in [0.5, 0.6) is 11.5 Å². The molecule has 2 N–H and O–H groups in total. The lowest BCUT2D eigenvalue weighted by atomic mass is 9.97. The zero-order valence-electron chi connectivity index (χ0n) is 11.5. The molecule has 0 radical (unpaired) electrons. The van der Waals surface area contributed by atoms with Gasteiger partial charge in [0, 0.05) is 0 Å². The monoisotopic (exact) mass is 257 g/mol. The largest absolute Gasteiger partial charge is 0.496 e. The van der Waals surface area contributed by atoms with Crippen molar-refractivity contribution in [2.45, 2.75) is 13.0 Å². The zero-order chi connectivity index (χ0) is 13.8. The molecule has 0 saturated heterocycles. The molecule has 0 aromatic heterocycles. The lowest BCUT2D eigenvalue weighted by Gasteiger charge is -2.19. The molecular formula is C16H19NO2. The van der Waals surface area contributed by atoms with E-state index in [1.807, 2.05) is 30.3 Å². The number of hydrogen-bond acceptors (Lipinski definition) is 3. The fourth-order valence-corrected chi connectivity index (χ4v) is 2.13. The second kappa shape index (κ2) is 5.76. The average Bonchev–Trinajstić information content (AvgIpc) is 2.46. The summed E-state index contributed by atoms with van der Waals surface area (Å²) < 4.78 is 10.8. The van der Waals surface area contributed by atoms with E-state index in [9.17, 15) is 0 Å². The number of ether oxygens (including phenoxy) is 2. The Kier molecular flexibility index (Phi) is 4.07. The molecular weight excluding hydrogens is 238 g/mol. The van der Waals surface area contributed by atoms with Crippen molar-refractivity contribution < 1.29 is 9.47 Å². The highest BCUT2D eigenvalue weighted by atomic mass is 16.5. The second-order valence-corrected chi connectivity index (χ2v) is 4.46. The maximum absolute atomic E-state index is 6.36. The summed E-state index contributed by atoms with van der Waals surface area (Å²) in [4.78, 5) is 0. The molecule has 0 aliphatic heterocycles. The minimum atomic E-state index is -0.272. The molecule has 2 aromatic carbocycles. The molecule has 0 spiro atoms. The number of rotatable bonds is 4. The molecule has 2 aromatic rings. The van der Waals surface area contributed by atoms with Gasteiger partial charge in [-0.15, -0.1) is 0 Å². The Bertz CT molecular complexity index is 527. The standard InChI is InChI=1S/C16H19NO2/c1-11-7-9-12(10-8-11)16(17)15-13(18-2)5-4-6-14(15)19-3/h4-10,16H,17H2,1-3H3. The van der Waals surface area contributed by atoms with Gasteiger partial charge < -0.3 is 15.2 Å². The summed E-state index contributed by atoms with van der Waals surface area (Å²) in [7, 11) is 3.28. The van der Waals surface area contributed by atoms with Crippen LogP contribution in [0.1, 0.15) is 22.7 Å². The third-order valence-electron chi connectivity index (χ3n) is 3.21. The lowest BCUT2D eigenvalue weighted by molar-refractivity contribution is 0.382. The second-order valence-electron chi connectivity index (χ2n) is 4.46. The van der Waals surface area contributed by atoms with E-state index in [1.54, 1.807) is 14.2 Å². The third-order valence-corrected chi connectivity index (χ3v) is 3.21. The van der Waals surface area contributed by atoms with Gasteiger partial charge >= 0.3 is 0 Å². The predicted octanol–water partition coefficient (Wildman–Crippen LogP) is 3.06. The van der Waals surface area contributed by atoms with Crippen molar-refractivity contribution in [3.8, 4) is 11.5 Å². The highest BCUT2D eigenvalue weighted by Gasteiger charge is 2.18. The Morgan fingerprint density at radius 1 is 0.895 bits per heavy atom. The average molecular weight is 257 g/mol. The van der Waals surface area contributed by atoms with Gasteiger partial charge in [0.15, 0.2) is 0 Å². The Hall–Kier alpha value is -2.00. The Balaban J connectivity index is 2.47. The molecule has 100 valence electrons. The van der Waals surface area contributed by atoms with Crippen LogP contribution in [0.4, 0.5) is 0 Å². The summed E-state index contributed by atoms with van der Waals surface area (Å²) in [5, 5.41) is 0. The van der Waals surface area contributed by atoms with Crippen LogP contribution < -0.4 is 15.2 Å². The SMILES string of the molecule is COc1cccc(OC)c1C(N)c1ccc(C)cc1. The number of aryl methyl sites for hydroxylation is 1. The van der Waals surface area contributed by atoms with Crippen molar-refractivity contribution in [3.63, 3.8) is 0 Å². The van der Waals surface area contributed by atoms with E-state index in [0.29, 0.717) is 0 Å². The first-order chi connectivity index (χ1) is 9.17. The summed E-state index contributed by atoms with van der Waals surface area (Å²) in [6.07, 6.45) is 0. The van der Waals surface area contributed by atoms with Gasteiger partial charge in [0.05, 0.1) is 25.8 Å². The smallest absolute Gasteiger partial charge is 0.127 e. The molecule has 1 unspecified atom stereocenters. The van der Waals surface area contributed by atoms with E-state index in [2.05, 4.69) is 19.1 Å². The summed E-state index contributed by atoms with van der Waals surface area (Å²) in [5.41, 5.74) is 9.48. The Morgan fingerprint density at radius 3 is 1.89 bits per heavy atom. The van der Waals surface area contributed by atoms with Crippen LogP contribution in [-0.4, -0.2) is 14.2 Å². The molecule has 3 heteroatoms. The van der Waals surface area contributed by atoms with E-state index < -0.39 is 0 Å². The van der Waals surface area contributed by atoms with Crippen molar-refractivity contribution >= 4 is 0 Å². The molecule has 0 aliphatic rings. The summed E-state index contributed by atoms with van der Waals surface area (Å²) in [6, 6.07) is 13.6. The summed E-state index contributed by atoms with van der Waals surface area (Å²) in [6.45, 7) is 2.05. The molecule has 3 nitrogen and oxygen atoms in total. The molecule has 0 fully saturated rings. The maximum atomic E-state index is 6.36. The quantitative estimate of drug-likeness (QED) is 0.915. The van der Waals surface area contributed by atoms with Gasteiger partial charge in [-0.2, -0.15) is 0 Å². The van der Waals surface area contributed by atoms with Crippen molar-refractivity contribution in [1.82, 2.24) is 0 Å². The van der Waals surface area contributed by atoms with Crippen molar-refractivity contribution in [2.24, 2.45) is 5.73 Å². The molecule has 0 aliphatic carbocycles. The van der Waals surface area contributed by atoms with Gasteiger partial charge in [0.2, 0.25) is 0 Å². The van der Waals surface area contributed by atoms with Crippen LogP contribution in [0.25, 0.3) is 0 Å². The Labute approximate surface area is 114 Å².